The van der Waals surface area contributed by atoms with Gasteiger partial charge in [0.2, 0.25) is 0 Å². The molecule has 88 valence electrons. The molecule has 0 fully saturated rings. The maximum Gasteiger partial charge on any atom is 0.163 e. The number of ketones is 2. The molecular weight excluding hydrogens is 216 g/mol. The van der Waals surface area contributed by atoms with E-state index in [1.807, 2.05) is 0 Å². The lowest BCUT2D eigenvalue weighted by Gasteiger charge is -2.10. The first kappa shape index (κ1) is 10.7. The van der Waals surface area contributed by atoms with Crippen molar-refractivity contribution in [2.45, 2.75) is 39.4 Å². The molecule has 1 aliphatic carbocycles. The minimum absolute atomic E-state index is 0.144. The highest BCUT2D eigenvalue weighted by molar-refractivity contribution is 6.03. The minimum Gasteiger partial charge on any atom is -0.372 e. The fraction of sp³-hybridized carbons (Fsp3) is 0.429. The van der Waals surface area contributed by atoms with Crippen LogP contribution >= 0.6 is 0 Å². The Morgan fingerprint density at radius 3 is 2.88 bits per heavy atom. The summed E-state index contributed by atoms with van der Waals surface area (Å²) in [5.41, 5.74) is 5.14. The number of Topliss-reactive ketones (excluding diaryl/α,β-unsaturated/α-hetero) is 2. The Morgan fingerprint density at radius 1 is 1.29 bits per heavy atom. The molecule has 0 atom stereocenters. The van der Waals surface area contributed by atoms with Crippen LogP contribution in [0.2, 0.25) is 0 Å². The van der Waals surface area contributed by atoms with Gasteiger partial charge in [-0.15, -0.1) is 0 Å². The first-order valence-electron chi connectivity index (χ1n) is 5.93. The predicted octanol–water partition coefficient (Wildman–Crippen LogP) is 1.98. The second-order valence-corrected chi connectivity index (χ2v) is 4.82. The summed E-state index contributed by atoms with van der Waals surface area (Å²) in [6, 6.07) is 2.06. The molecule has 1 aliphatic heterocycles. The largest absolute Gasteiger partial charge is 0.372 e. The zero-order valence-electron chi connectivity index (χ0n) is 9.84. The lowest BCUT2D eigenvalue weighted by Crippen LogP contribution is -2.05. The first-order valence-corrected chi connectivity index (χ1v) is 5.93. The summed E-state index contributed by atoms with van der Waals surface area (Å²) in [7, 11) is 0. The number of fused-ring (bicyclic) bond motifs is 3. The van der Waals surface area contributed by atoms with Crippen molar-refractivity contribution in [1.82, 2.24) is 0 Å². The molecule has 3 nitrogen and oxygen atoms in total. The highest BCUT2D eigenvalue weighted by Crippen LogP contribution is 2.35. The molecule has 1 heterocycles. The quantitative estimate of drug-likeness (QED) is 0.780. The van der Waals surface area contributed by atoms with Crippen LogP contribution < -0.4 is 0 Å². The molecule has 1 aromatic carbocycles. The van der Waals surface area contributed by atoms with Crippen LogP contribution in [0.1, 0.15) is 46.0 Å². The van der Waals surface area contributed by atoms with E-state index >= 15 is 0 Å². The Labute approximate surface area is 99.8 Å². The third-order valence-electron chi connectivity index (χ3n) is 3.55. The summed E-state index contributed by atoms with van der Waals surface area (Å²) in [6.07, 6.45) is 1.80. The Balaban J connectivity index is 2.19. The van der Waals surface area contributed by atoms with Crippen LogP contribution in [0.15, 0.2) is 6.07 Å². The zero-order valence-corrected chi connectivity index (χ0v) is 9.84. The number of carbonyl (C=O) groups excluding carboxylic acids is 2. The molecule has 17 heavy (non-hydrogen) atoms. The van der Waals surface area contributed by atoms with Gasteiger partial charge in [-0.3, -0.25) is 9.59 Å². The summed E-state index contributed by atoms with van der Waals surface area (Å²) < 4.78 is 5.41. The van der Waals surface area contributed by atoms with Crippen molar-refractivity contribution in [3.63, 3.8) is 0 Å². The van der Waals surface area contributed by atoms with Crippen LogP contribution in [0.25, 0.3) is 0 Å². The SMILES string of the molecule is CC(=O)Cc1cc2c(c3c1CCC3=O)COC2. The first-order chi connectivity index (χ1) is 8.16. The van der Waals surface area contributed by atoms with Crippen LogP contribution in [-0.2, 0) is 35.6 Å². The van der Waals surface area contributed by atoms with Gasteiger partial charge in [0.15, 0.2) is 5.78 Å². The maximum atomic E-state index is 11.9. The van der Waals surface area contributed by atoms with Crippen LogP contribution in [0.4, 0.5) is 0 Å². The molecule has 2 aliphatic rings. The second kappa shape index (κ2) is 3.77. The molecule has 0 saturated carbocycles. The van der Waals surface area contributed by atoms with Gasteiger partial charge in [0.05, 0.1) is 13.2 Å². The van der Waals surface area contributed by atoms with Gasteiger partial charge in [-0.2, -0.15) is 0 Å². The third-order valence-corrected chi connectivity index (χ3v) is 3.55. The van der Waals surface area contributed by atoms with Crippen LogP contribution in [0, 0.1) is 0 Å². The van der Waals surface area contributed by atoms with Crippen molar-refractivity contribution in [2.75, 3.05) is 0 Å². The maximum absolute atomic E-state index is 11.9. The number of ether oxygens (including phenoxy) is 1. The monoisotopic (exact) mass is 230 g/mol. The molecule has 0 amide bonds. The smallest absolute Gasteiger partial charge is 0.163 e. The molecule has 0 N–H and O–H groups in total. The molecule has 0 unspecified atom stereocenters. The fourth-order valence-electron chi connectivity index (χ4n) is 2.86. The van der Waals surface area contributed by atoms with Crippen molar-refractivity contribution >= 4 is 11.6 Å². The van der Waals surface area contributed by atoms with Crippen LogP contribution in [0.3, 0.4) is 0 Å². The molecule has 0 saturated heterocycles. The number of hydrogen-bond donors (Lipinski definition) is 0. The molecule has 0 aromatic heterocycles. The van der Waals surface area contributed by atoms with Gasteiger partial charge in [-0.05, 0) is 35.6 Å². The highest BCUT2D eigenvalue weighted by atomic mass is 16.5. The second-order valence-electron chi connectivity index (χ2n) is 4.82. The molecule has 3 heteroatoms. The summed E-state index contributed by atoms with van der Waals surface area (Å²) in [5, 5.41) is 0. The number of carbonyl (C=O) groups is 2. The number of hydrogen-bond acceptors (Lipinski definition) is 3. The van der Waals surface area contributed by atoms with E-state index in [0.717, 1.165) is 34.2 Å². The topological polar surface area (TPSA) is 43.4 Å². The van der Waals surface area contributed by atoms with E-state index in [9.17, 15) is 9.59 Å². The van der Waals surface area contributed by atoms with Crippen LogP contribution in [0.5, 0.6) is 0 Å². The van der Waals surface area contributed by atoms with E-state index in [1.54, 1.807) is 6.92 Å². The standard InChI is InChI=1S/C14H14O3/c1-8(15)4-9-5-10-6-17-7-12(10)14-11(9)2-3-13(14)16/h5H,2-4,6-7H2,1H3. The highest BCUT2D eigenvalue weighted by Gasteiger charge is 2.30. The number of benzene rings is 1. The predicted molar refractivity (Wildman–Crippen MR) is 62.0 cm³/mol. The van der Waals surface area contributed by atoms with E-state index in [1.165, 1.54) is 0 Å². The van der Waals surface area contributed by atoms with Gasteiger partial charge in [0, 0.05) is 18.4 Å². The normalized spacial score (nSPS) is 17.1. The van der Waals surface area contributed by atoms with Gasteiger partial charge < -0.3 is 4.74 Å². The third kappa shape index (κ3) is 1.62. The Kier molecular flexibility index (Phi) is 2.37. The van der Waals surface area contributed by atoms with Gasteiger partial charge in [-0.1, -0.05) is 6.07 Å². The van der Waals surface area contributed by atoms with Crippen LogP contribution in [-0.4, -0.2) is 11.6 Å². The van der Waals surface area contributed by atoms with Crippen molar-refractivity contribution in [2.24, 2.45) is 0 Å². The Bertz CT molecular complexity index is 529. The van der Waals surface area contributed by atoms with E-state index in [-0.39, 0.29) is 11.6 Å². The Hall–Kier alpha value is -1.48. The summed E-state index contributed by atoms with van der Waals surface area (Å²) in [4.78, 5) is 23.2. The summed E-state index contributed by atoms with van der Waals surface area (Å²) in [5.74, 6) is 0.359. The van der Waals surface area contributed by atoms with E-state index in [4.69, 9.17) is 4.74 Å². The van der Waals surface area contributed by atoms with Gasteiger partial charge in [0.1, 0.15) is 5.78 Å². The van der Waals surface area contributed by atoms with E-state index in [0.29, 0.717) is 26.1 Å². The van der Waals surface area contributed by atoms with Crippen molar-refractivity contribution < 1.29 is 14.3 Å². The molecule has 3 rings (SSSR count). The fourth-order valence-corrected chi connectivity index (χ4v) is 2.86. The van der Waals surface area contributed by atoms with Crippen molar-refractivity contribution in [3.8, 4) is 0 Å². The van der Waals surface area contributed by atoms with Gasteiger partial charge in [-0.25, -0.2) is 0 Å². The lowest BCUT2D eigenvalue weighted by molar-refractivity contribution is -0.116. The lowest BCUT2D eigenvalue weighted by atomic mass is 9.92. The van der Waals surface area contributed by atoms with Gasteiger partial charge >= 0.3 is 0 Å². The molecule has 0 spiro atoms. The molecule has 1 aromatic rings. The average Bonchev–Trinajstić information content (AvgIpc) is 2.83. The van der Waals surface area contributed by atoms with E-state index in [2.05, 4.69) is 6.07 Å². The average molecular weight is 230 g/mol. The zero-order chi connectivity index (χ0) is 12.0. The Morgan fingerprint density at radius 2 is 2.12 bits per heavy atom. The molecule has 0 bridgehead atoms. The summed E-state index contributed by atoms with van der Waals surface area (Å²) >= 11 is 0. The molecule has 0 radical (unpaired) electrons. The summed E-state index contributed by atoms with van der Waals surface area (Å²) in [6.45, 7) is 2.71. The van der Waals surface area contributed by atoms with Gasteiger partial charge in [0.25, 0.3) is 0 Å². The number of rotatable bonds is 2. The molecular formula is C14H14O3. The van der Waals surface area contributed by atoms with Crippen molar-refractivity contribution in [3.05, 3.63) is 33.9 Å². The van der Waals surface area contributed by atoms with E-state index < -0.39 is 0 Å². The van der Waals surface area contributed by atoms with Crippen molar-refractivity contribution in [1.29, 1.82) is 0 Å². The minimum atomic E-state index is 0.144.